The van der Waals surface area contributed by atoms with Gasteiger partial charge in [-0.3, -0.25) is 4.98 Å². The van der Waals surface area contributed by atoms with Gasteiger partial charge in [-0.05, 0) is 18.2 Å². The molecule has 30 heavy (non-hydrogen) atoms. The van der Waals surface area contributed by atoms with Gasteiger partial charge in [0.1, 0.15) is 17.1 Å². The minimum Gasteiger partial charge on any atom is -0.493 e. The highest BCUT2D eigenvalue weighted by Gasteiger charge is 2.31. The zero-order valence-electron chi connectivity index (χ0n) is 15.3. The maximum atomic E-state index is 12.4. The van der Waals surface area contributed by atoms with E-state index in [1.165, 1.54) is 0 Å². The molecule has 0 spiro atoms. The lowest BCUT2D eigenvalue weighted by atomic mass is 10.2. The second kappa shape index (κ2) is 8.93. The Labute approximate surface area is 165 Å². The molecule has 0 saturated carbocycles. The predicted octanol–water partition coefficient (Wildman–Crippen LogP) is 5.14. The number of ether oxygens (including phenoxy) is 4. The quantitative estimate of drug-likeness (QED) is 0.461. The van der Waals surface area contributed by atoms with Gasteiger partial charge in [0.2, 0.25) is 0 Å². The summed E-state index contributed by atoms with van der Waals surface area (Å²) >= 11 is 0. The first-order valence-electron chi connectivity index (χ1n) is 7.88. The number of carbonyl (C=O) groups excluding carboxylic acids is 1. The van der Waals surface area contributed by atoms with Crippen molar-refractivity contribution in [1.82, 2.24) is 4.98 Å². The van der Waals surface area contributed by atoms with Crippen molar-refractivity contribution in [3.8, 4) is 23.0 Å². The van der Waals surface area contributed by atoms with Crippen LogP contribution in [0.3, 0.4) is 0 Å². The Morgan fingerprint density at radius 3 is 2.27 bits per heavy atom. The molecule has 0 fully saturated rings. The van der Waals surface area contributed by atoms with Crippen LogP contribution in [0, 0.1) is 0 Å². The lowest BCUT2D eigenvalue weighted by Crippen LogP contribution is -2.17. The van der Waals surface area contributed by atoms with Crippen LogP contribution < -0.4 is 14.2 Å². The summed E-state index contributed by atoms with van der Waals surface area (Å²) in [6, 6.07) is 3.89. The maximum Gasteiger partial charge on any atom is 0.573 e. The van der Waals surface area contributed by atoms with Gasteiger partial charge in [0.05, 0.1) is 19.9 Å². The van der Waals surface area contributed by atoms with Crippen LogP contribution in [-0.2, 0) is 4.74 Å². The average Bonchev–Trinajstić information content (AvgIpc) is 2.65. The molecule has 1 heterocycles. The van der Waals surface area contributed by atoms with Crippen molar-refractivity contribution in [1.29, 1.82) is 0 Å². The molecule has 12 heteroatoms. The Morgan fingerprint density at radius 1 is 1.00 bits per heavy atom. The van der Waals surface area contributed by atoms with Crippen LogP contribution in [0.2, 0.25) is 0 Å². The van der Waals surface area contributed by atoms with E-state index in [1.54, 1.807) is 0 Å². The number of hydrogen-bond donors (Lipinski definition) is 0. The lowest BCUT2D eigenvalue weighted by molar-refractivity contribution is -0.274. The third-order valence-electron chi connectivity index (χ3n) is 3.32. The molecule has 0 aliphatic rings. The third-order valence-corrected chi connectivity index (χ3v) is 3.32. The first kappa shape index (κ1) is 22.8. The molecule has 1 aromatic carbocycles. The van der Waals surface area contributed by atoms with Crippen molar-refractivity contribution in [2.45, 2.75) is 12.5 Å². The van der Waals surface area contributed by atoms with Gasteiger partial charge in [-0.15, -0.1) is 13.2 Å². The van der Waals surface area contributed by atoms with Crippen molar-refractivity contribution in [2.75, 3.05) is 14.2 Å². The Bertz CT molecular complexity index is 940. The van der Waals surface area contributed by atoms with E-state index in [1.807, 2.05) is 0 Å². The molecule has 0 unspecified atom stereocenters. The Kier molecular flexibility index (Phi) is 6.80. The SMILES string of the molecule is COC(=O)c1cnc(C=CC(F)(F)F)cc1Oc1ccc(OC(F)(F)F)cc1OC. The van der Waals surface area contributed by atoms with E-state index in [2.05, 4.69) is 14.5 Å². The number of hydrogen-bond acceptors (Lipinski definition) is 6. The predicted molar refractivity (Wildman–Crippen MR) is 90.4 cm³/mol. The average molecular weight is 437 g/mol. The zero-order valence-corrected chi connectivity index (χ0v) is 15.3. The van der Waals surface area contributed by atoms with E-state index >= 15 is 0 Å². The molecule has 0 saturated heterocycles. The molecule has 162 valence electrons. The number of alkyl halides is 6. The first-order valence-corrected chi connectivity index (χ1v) is 7.88. The normalized spacial score (nSPS) is 12.0. The summed E-state index contributed by atoms with van der Waals surface area (Å²) in [4.78, 5) is 15.6. The molecular formula is C18H13F6NO5. The van der Waals surface area contributed by atoms with E-state index in [-0.39, 0.29) is 34.6 Å². The van der Waals surface area contributed by atoms with Crippen molar-refractivity contribution < 1.29 is 50.1 Å². The highest BCUT2D eigenvalue weighted by atomic mass is 19.4. The monoisotopic (exact) mass is 437 g/mol. The number of carbonyl (C=O) groups is 1. The molecule has 0 aliphatic heterocycles. The summed E-state index contributed by atoms with van der Waals surface area (Å²) in [7, 11) is 2.21. The van der Waals surface area contributed by atoms with Gasteiger partial charge in [0.15, 0.2) is 11.5 Å². The molecule has 0 radical (unpaired) electrons. The number of nitrogens with zero attached hydrogens (tertiary/aromatic N) is 1. The minimum absolute atomic E-state index is 0.0687. The van der Waals surface area contributed by atoms with Gasteiger partial charge in [-0.2, -0.15) is 13.2 Å². The molecule has 0 aliphatic carbocycles. The van der Waals surface area contributed by atoms with E-state index in [0.29, 0.717) is 6.08 Å². The van der Waals surface area contributed by atoms with Gasteiger partial charge in [0, 0.05) is 24.4 Å². The second-order valence-corrected chi connectivity index (χ2v) is 5.43. The molecule has 2 aromatic rings. The first-order chi connectivity index (χ1) is 13.9. The van der Waals surface area contributed by atoms with Crippen LogP contribution in [0.15, 0.2) is 36.5 Å². The number of esters is 1. The van der Waals surface area contributed by atoms with Crippen LogP contribution in [0.5, 0.6) is 23.0 Å². The molecule has 0 atom stereocenters. The summed E-state index contributed by atoms with van der Waals surface area (Å²) in [5.74, 6) is -2.10. The van der Waals surface area contributed by atoms with Crippen LogP contribution in [-0.4, -0.2) is 37.7 Å². The molecule has 2 rings (SSSR count). The smallest absolute Gasteiger partial charge is 0.493 e. The number of pyridine rings is 1. The van der Waals surface area contributed by atoms with Gasteiger partial charge in [-0.25, -0.2) is 4.79 Å². The standard InChI is InChI=1S/C18H13F6NO5/c1-27-15-8-11(30-18(22,23)24)3-4-13(15)29-14-7-10(5-6-17(19,20)21)25-9-12(14)16(26)28-2/h3-9H,1-2H3. The molecule has 0 N–H and O–H groups in total. The van der Waals surface area contributed by atoms with Gasteiger partial charge in [0.25, 0.3) is 0 Å². The van der Waals surface area contributed by atoms with Crippen LogP contribution in [0.4, 0.5) is 26.3 Å². The molecule has 0 amide bonds. The third kappa shape index (κ3) is 6.57. The number of halogens is 6. The maximum absolute atomic E-state index is 12.4. The number of benzene rings is 1. The number of allylic oxidation sites excluding steroid dienone is 1. The van der Waals surface area contributed by atoms with Gasteiger partial charge >= 0.3 is 18.5 Å². The van der Waals surface area contributed by atoms with Crippen LogP contribution >= 0.6 is 0 Å². The molecule has 0 bridgehead atoms. The minimum atomic E-state index is -4.93. The van der Waals surface area contributed by atoms with E-state index in [0.717, 1.165) is 44.7 Å². The number of methoxy groups -OCH3 is 2. The fourth-order valence-corrected chi connectivity index (χ4v) is 2.12. The Hall–Kier alpha value is -3.44. The molecular weight excluding hydrogens is 424 g/mol. The Balaban J connectivity index is 2.44. The summed E-state index contributed by atoms with van der Waals surface area (Å²) in [6.07, 6.45) is -8.02. The number of rotatable bonds is 6. The summed E-state index contributed by atoms with van der Waals surface area (Å²) in [5, 5.41) is 0. The largest absolute Gasteiger partial charge is 0.573 e. The topological polar surface area (TPSA) is 66.9 Å². The van der Waals surface area contributed by atoms with Crippen LogP contribution in [0.1, 0.15) is 16.1 Å². The van der Waals surface area contributed by atoms with Crippen molar-refractivity contribution in [3.05, 3.63) is 47.8 Å². The highest BCUT2D eigenvalue weighted by Crippen LogP contribution is 2.37. The number of aromatic nitrogens is 1. The lowest BCUT2D eigenvalue weighted by Gasteiger charge is -2.15. The van der Waals surface area contributed by atoms with Gasteiger partial charge in [-0.1, -0.05) is 0 Å². The highest BCUT2D eigenvalue weighted by molar-refractivity contribution is 5.92. The van der Waals surface area contributed by atoms with E-state index in [9.17, 15) is 31.1 Å². The van der Waals surface area contributed by atoms with Crippen LogP contribution in [0.25, 0.3) is 6.08 Å². The fraction of sp³-hybridized carbons (Fsp3) is 0.222. The summed E-state index contributed by atoms with van der Waals surface area (Å²) in [6.45, 7) is 0. The summed E-state index contributed by atoms with van der Waals surface area (Å²) < 4.78 is 93.0. The van der Waals surface area contributed by atoms with Gasteiger partial charge < -0.3 is 18.9 Å². The zero-order chi connectivity index (χ0) is 22.5. The van der Waals surface area contributed by atoms with Crippen molar-refractivity contribution >= 4 is 12.0 Å². The van der Waals surface area contributed by atoms with E-state index < -0.39 is 24.3 Å². The Morgan fingerprint density at radius 2 is 1.70 bits per heavy atom. The van der Waals surface area contributed by atoms with E-state index in [4.69, 9.17) is 9.47 Å². The summed E-state index contributed by atoms with van der Waals surface area (Å²) in [5.41, 5.74) is -0.440. The molecule has 6 nitrogen and oxygen atoms in total. The molecule has 1 aromatic heterocycles. The fourth-order valence-electron chi connectivity index (χ4n) is 2.12. The van der Waals surface area contributed by atoms with Crippen molar-refractivity contribution in [3.63, 3.8) is 0 Å². The van der Waals surface area contributed by atoms with Crippen molar-refractivity contribution in [2.24, 2.45) is 0 Å². The second-order valence-electron chi connectivity index (χ2n) is 5.43.